The van der Waals surface area contributed by atoms with Crippen molar-refractivity contribution < 1.29 is 17.9 Å². The van der Waals surface area contributed by atoms with E-state index < -0.39 is 10.0 Å². The number of sulfonamides is 1. The van der Waals surface area contributed by atoms with Crippen LogP contribution in [0.4, 0.5) is 0 Å². The van der Waals surface area contributed by atoms with E-state index in [1.165, 1.54) is 7.05 Å². The van der Waals surface area contributed by atoms with Crippen molar-refractivity contribution in [1.29, 1.82) is 0 Å². The van der Waals surface area contributed by atoms with Gasteiger partial charge in [0.2, 0.25) is 15.9 Å². The third-order valence-electron chi connectivity index (χ3n) is 2.60. The second-order valence-corrected chi connectivity index (χ2v) is 6.17. The lowest BCUT2D eigenvalue weighted by Crippen LogP contribution is -2.33. The standard InChI is InChI=1S/C13H20N2O4S/c1-3-19-12-6-4-11(5-7-12)10-13(16)15-8-9-20(17,18)14-2/h4-7,14H,3,8-10H2,1-2H3,(H,15,16). The molecule has 0 saturated heterocycles. The Labute approximate surface area is 119 Å². The number of hydrogen-bond acceptors (Lipinski definition) is 4. The van der Waals surface area contributed by atoms with Crippen LogP contribution in [0.3, 0.4) is 0 Å². The average Bonchev–Trinajstić information content (AvgIpc) is 2.41. The molecule has 0 atom stereocenters. The van der Waals surface area contributed by atoms with Gasteiger partial charge in [0.1, 0.15) is 5.75 Å². The summed E-state index contributed by atoms with van der Waals surface area (Å²) in [5.74, 6) is 0.427. The van der Waals surface area contributed by atoms with Crippen molar-refractivity contribution in [3.63, 3.8) is 0 Å². The lowest BCUT2D eigenvalue weighted by molar-refractivity contribution is -0.120. The van der Waals surface area contributed by atoms with E-state index in [0.29, 0.717) is 6.61 Å². The molecule has 1 rings (SSSR count). The fourth-order valence-electron chi connectivity index (χ4n) is 1.54. The summed E-state index contributed by atoms with van der Waals surface area (Å²) in [5.41, 5.74) is 0.849. The maximum atomic E-state index is 11.6. The molecule has 0 bridgehead atoms. The normalized spacial score (nSPS) is 11.1. The Morgan fingerprint density at radius 3 is 2.45 bits per heavy atom. The fourth-order valence-corrected chi connectivity index (χ4v) is 2.12. The summed E-state index contributed by atoms with van der Waals surface area (Å²) >= 11 is 0. The third kappa shape index (κ3) is 6.03. The van der Waals surface area contributed by atoms with Gasteiger partial charge in [0.25, 0.3) is 0 Å². The van der Waals surface area contributed by atoms with Gasteiger partial charge in [-0.15, -0.1) is 0 Å². The Balaban J connectivity index is 2.38. The number of carbonyl (C=O) groups is 1. The lowest BCUT2D eigenvalue weighted by atomic mass is 10.1. The van der Waals surface area contributed by atoms with Crippen LogP contribution in [0.1, 0.15) is 12.5 Å². The molecule has 1 amide bonds. The predicted molar refractivity (Wildman–Crippen MR) is 77.2 cm³/mol. The molecule has 0 aliphatic heterocycles. The molecule has 0 fully saturated rings. The van der Waals surface area contributed by atoms with E-state index in [-0.39, 0.29) is 24.6 Å². The molecule has 0 saturated carbocycles. The molecule has 112 valence electrons. The molecule has 0 aliphatic carbocycles. The summed E-state index contributed by atoms with van der Waals surface area (Å²) in [6.45, 7) is 2.60. The van der Waals surface area contributed by atoms with E-state index in [1.807, 2.05) is 19.1 Å². The van der Waals surface area contributed by atoms with Gasteiger partial charge in [0.15, 0.2) is 0 Å². The molecule has 0 unspecified atom stereocenters. The average molecular weight is 300 g/mol. The van der Waals surface area contributed by atoms with Crippen LogP contribution in [0, 0.1) is 0 Å². The van der Waals surface area contributed by atoms with Crippen molar-refractivity contribution in [1.82, 2.24) is 10.0 Å². The Morgan fingerprint density at radius 1 is 1.25 bits per heavy atom. The molecule has 7 heteroatoms. The quantitative estimate of drug-likeness (QED) is 0.723. The minimum absolute atomic E-state index is 0.0963. The van der Waals surface area contributed by atoms with Gasteiger partial charge in [-0.05, 0) is 31.7 Å². The van der Waals surface area contributed by atoms with Gasteiger partial charge in [-0.3, -0.25) is 4.79 Å². The van der Waals surface area contributed by atoms with Crippen LogP contribution in [0.15, 0.2) is 24.3 Å². The van der Waals surface area contributed by atoms with Crippen molar-refractivity contribution in [2.45, 2.75) is 13.3 Å². The van der Waals surface area contributed by atoms with Crippen LogP contribution in [0.2, 0.25) is 0 Å². The number of amides is 1. The van der Waals surface area contributed by atoms with E-state index >= 15 is 0 Å². The molecule has 1 aromatic rings. The number of benzene rings is 1. The van der Waals surface area contributed by atoms with Crippen LogP contribution in [0.5, 0.6) is 5.75 Å². The Bertz CT molecular complexity index is 526. The first kappa shape index (κ1) is 16.5. The Kier molecular flexibility index (Phi) is 6.47. The monoisotopic (exact) mass is 300 g/mol. The zero-order chi connectivity index (χ0) is 15.0. The Hall–Kier alpha value is -1.60. The smallest absolute Gasteiger partial charge is 0.224 e. The highest BCUT2D eigenvalue weighted by Crippen LogP contribution is 2.12. The highest BCUT2D eigenvalue weighted by Gasteiger charge is 2.08. The van der Waals surface area contributed by atoms with E-state index in [9.17, 15) is 13.2 Å². The molecule has 0 heterocycles. The van der Waals surface area contributed by atoms with Crippen LogP contribution in [0.25, 0.3) is 0 Å². The molecule has 0 spiro atoms. The molecule has 0 radical (unpaired) electrons. The van der Waals surface area contributed by atoms with Crippen molar-refractivity contribution in [3.8, 4) is 5.75 Å². The second-order valence-electron chi connectivity index (χ2n) is 4.13. The van der Waals surface area contributed by atoms with Crippen molar-refractivity contribution in [3.05, 3.63) is 29.8 Å². The van der Waals surface area contributed by atoms with Gasteiger partial charge < -0.3 is 10.1 Å². The first-order chi connectivity index (χ1) is 9.46. The molecule has 0 aliphatic rings. The molecule has 20 heavy (non-hydrogen) atoms. The summed E-state index contributed by atoms with van der Waals surface area (Å²) in [6.07, 6.45) is 0.214. The van der Waals surface area contributed by atoms with Gasteiger partial charge >= 0.3 is 0 Å². The summed E-state index contributed by atoms with van der Waals surface area (Å²) in [5, 5.41) is 2.57. The SMILES string of the molecule is CCOc1ccc(CC(=O)NCCS(=O)(=O)NC)cc1. The lowest BCUT2D eigenvalue weighted by Gasteiger charge is -2.07. The zero-order valence-electron chi connectivity index (χ0n) is 11.7. The molecule has 2 N–H and O–H groups in total. The summed E-state index contributed by atoms with van der Waals surface area (Å²) in [7, 11) is -1.94. The Morgan fingerprint density at radius 2 is 1.90 bits per heavy atom. The first-order valence-corrected chi connectivity index (χ1v) is 8.01. The van der Waals surface area contributed by atoms with E-state index in [0.717, 1.165) is 11.3 Å². The van der Waals surface area contributed by atoms with Crippen LogP contribution in [-0.2, 0) is 21.2 Å². The van der Waals surface area contributed by atoms with Crippen molar-refractivity contribution >= 4 is 15.9 Å². The summed E-state index contributed by atoms with van der Waals surface area (Å²) < 4.78 is 29.8. The summed E-state index contributed by atoms with van der Waals surface area (Å²) in [4.78, 5) is 11.6. The highest BCUT2D eigenvalue weighted by atomic mass is 32.2. The molecular formula is C13H20N2O4S. The van der Waals surface area contributed by atoms with Gasteiger partial charge in [-0.2, -0.15) is 0 Å². The maximum Gasteiger partial charge on any atom is 0.224 e. The minimum Gasteiger partial charge on any atom is -0.494 e. The predicted octanol–water partition coefficient (Wildman–Crippen LogP) is 0.293. The minimum atomic E-state index is -3.28. The number of hydrogen-bond donors (Lipinski definition) is 2. The van der Waals surface area contributed by atoms with Gasteiger partial charge in [0.05, 0.1) is 18.8 Å². The maximum absolute atomic E-state index is 11.6. The van der Waals surface area contributed by atoms with Crippen LogP contribution < -0.4 is 14.8 Å². The van der Waals surface area contributed by atoms with E-state index in [4.69, 9.17) is 4.74 Å². The van der Waals surface area contributed by atoms with Crippen molar-refractivity contribution in [2.24, 2.45) is 0 Å². The van der Waals surface area contributed by atoms with Crippen molar-refractivity contribution in [2.75, 3.05) is 26.0 Å². The highest BCUT2D eigenvalue weighted by molar-refractivity contribution is 7.89. The molecule has 1 aromatic carbocycles. The molecule has 0 aromatic heterocycles. The van der Waals surface area contributed by atoms with Gasteiger partial charge in [-0.1, -0.05) is 12.1 Å². The van der Waals surface area contributed by atoms with Gasteiger partial charge in [0, 0.05) is 6.54 Å². The third-order valence-corrected chi connectivity index (χ3v) is 3.97. The largest absolute Gasteiger partial charge is 0.494 e. The molecular weight excluding hydrogens is 280 g/mol. The van der Waals surface area contributed by atoms with Gasteiger partial charge in [-0.25, -0.2) is 13.1 Å². The van der Waals surface area contributed by atoms with E-state index in [2.05, 4.69) is 10.0 Å². The number of nitrogens with one attached hydrogen (secondary N) is 2. The van der Waals surface area contributed by atoms with Crippen LogP contribution in [-0.4, -0.2) is 40.3 Å². The number of rotatable bonds is 8. The van der Waals surface area contributed by atoms with Crippen LogP contribution >= 0.6 is 0 Å². The fraction of sp³-hybridized carbons (Fsp3) is 0.462. The van der Waals surface area contributed by atoms with E-state index in [1.54, 1.807) is 12.1 Å². The molecule has 6 nitrogen and oxygen atoms in total. The first-order valence-electron chi connectivity index (χ1n) is 6.36. The second kappa shape index (κ2) is 7.86. The number of carbonyl (C=O) groups excluding carboxylic acids is 1. The summed E-state index contributed by atoms with van der Waals surface area (Å²) in [6, 6.07) is 7.24. The topological polar surface area (TPSA) is 84.5 Å². The zero-order valence-corrected chi connectivity index (χ0v) is 12.5. The number of ether oxygens (including phenoxy) is 1.